The maximum Gasteiger partial charge on any atom is 0.264 e. The molecule has 0 fully saturated rings. The summed E-state index contributed by atoms with van der Waals surface area (Å²) in [5.41, 5.74) is 1.65. The van der Waals surface area contributed by atoms with Crippen molar-refractivity contribution in [1.82, 2.24) is 10.2 Å². The Kier molecular flexibility index (Phi) is 10.6. The molecular formula is C30H36ClN3O5S. The number of aryl methyl sites for hydroxylation is 1. The van der Waals surface area contributed by atoms with E-state index in [2.05, 4.69) is 5.32 Å². The van der Waals surface area contributed by atoms with Crippen molar-refractivity contribution in [3.63, 3.8) is 0 Å². The number of hydrogen-bond acceptors (Lipinski definition) is 5. The van der Waals surface area contributed by atoms with E-state index in [1.165, 1.54) is 17.0 Å². The number of sulfonamides is 1. The molecule has 1 atom stereocenters. The molecule has 3 aromatic rings. The predicted octanol–water partition coefficient (Wildman–Crippen LogP) is 5.18. The Bertz CT molecular complexity index is 1430. The highest BCUT2D eigenvalue weighted by molar-refractivity contribution is 7.92. The summed E-state index contributed by atoms with van der Waals surface area (Å²) in [6.45, 7) is 6.80. The zero-order valence-electron chi connectivity index (χ0n) is 23.4. The molecule has 8 nitrogen and oxygen atoms in total. The highest BCUT2D eigenvalue weighted by atomic mass is 35.5. The molecule has 40 heavy (non-hydrogen) atoms. The molecule has 0 heterocycles. The average molecular weight is 586 g/mol. The number of nitrogens with one attached hydrogen (secondary N) is 1. The van der Waals surface area contributed by atoms with Crippen LogP contribution in [-0.2, 0) is 26.2 Å². The van der Waals surface area contributed by atoms with Crippen LogP contribution in [0.3, 0.4) is 0 Å². The summed E-state index contributed by atoms with van der Waals surface area (Å²) in [6, 6.07) is 19.0. The zero-order chi connectivity index (χ0) is 29.4. The molecule has 1 N–H and O–H groups in total. The van der Waals surface area contributed by atoms with Gasteiger partial charge in [0, 0.05) is 17.6 Å². The first kappa shape index (κ1) is 31.0. The fourth-order valence-electron chi connectivity index (χ4n) is 4.40. The average Bonchev–Trinajstić information content (AvgIpc) is 2.92. The van der Waals surface area contributed by atoms with E-state index in [1.807, 2.05) is 26.8 Å². The fourth-order valence-corrected chi connectivity index (χ4v) is 6.13. The lowest BCUT2D eigenvalue weighted by Gasteiger charge is -2.34. The van der Waals surface area contributed by atoms with Crippen molar-refractivity contribution >= 4 is 39.1 Å². The third-order valence-electron chi connectivity index (χ3n) is 6.34. The van der Waals surface area contributed by atoms with E-state index in [0.29, 0.717) is 28.4 Å². The predicted molar refractivity (Wildman–Crippen MR) is 158 cm³/mol. The Hall–Kier alpha value is -3.56. The normalized spacial score (nSPS) is 12.1. The molecule has 3 aromatic carbocycles. The van der Waals surface area contributed by atoms with Crippen LogP contribution in [0.2, 0.25) is 5.02 Å². The van der Waals surface area contributed by atoms with E-state index in [-0.39, 0.29) is 23.4 Å². The zero-order valence-corrected chi connectivity index (χ0v) is 25.0. The van der Waals surface area contributed by atoms with Crippen LogP contribution in [-0.4, -0.2) is 50.9 Å². The Morgan fingerprint density at radius 1 is 1.00 bits per heavy atom. The van der Waals surface area contributed by atoms with Gasteiger partial charge in [-0.2, -0.15) is 0 Å². The summed E-state index contributed by atoms with van der Waals surface area (Å²) in [6.07, 6.45) is 0.333. The highest BCUT2D eigenvalue weighted by Gasteiger charge is 2.34. The number of methoxy groups -OCH3 is 1. The lowest BCUT2D eigenvalue weighted by molar-refractivity contribution is -0.140. The quantitative estimate of drug-likeness (QED) is 0.316. The molecule has 0 aliphatic heterocycles. The van der Waals surface area contributed by atoms with Crippen LogP contribution in [0.1, 0.15) is 38.3 Å². The summed E-state index contributed by atoms with van der Waals surface area (Å²) >= 11 is 6.16. The van der Waals surface area contributed by atoms with Gasteiger partial charge in [0.1, 0.15) is 18.3 Å². The maximum absolute atomic E-state index is 14.1. The van der Waals surface area contributed by atoms with Gasteiger partial charge in [-0.3, -0.25) is 13.9 Å². The van der Waals surface area contributed by atoms with E-state index in [4.69, 9.17) is 16.3 Å². The van der Waals surface area contributed by atoms with Crippen LogP contribution in [0, 0.1) is 6.92 Å². The minimum atomic E-state index is -4.15. The largest absolute Gasteiger partial charge is 0.497 e. The van der Waals surface area contributed by atoms with Gasteiger partial charge in [-0.15, -0.1) is 0 Å². The third-order valence-corrected chi connectivity index (χ3v) is 8.35. The number of carbonyl (C=O) groups is 2. The minimum Gasteiger partial charge on any atom is -0.497 e. The number of anilines is 1. The summed E-state index contributed by atoms with van der Waals surface area (Å²) in [7, 11) is -2.60. The second-order valence-corrected chi connectivity index (χ2v) is 12.0. The molecule has 0 saturated heterocycles. The molecule has 2 amide bonds. The van der Waals surface area contributed by atoms with E-state index >= 15 is 0 Å². The molecular weight excluding hydrogens is 550 g/mol. The van der Waals surface area contributed by atoms with Gasteiger partial charge in [-0.05, 0) is 80.8 Å². The van der Waals surface area contributed by atoms with Crippen molar-refractivity contribution in [2.24, 2.45) is 0 Å². The molecule has 0 spiro atoms. The Morgan fingerprint density at radius 3 is 2.30 bits per heavy atom. The second-order valence-electron chi connectivity index (χ2n) is 9.72. The van der Waals surface area contributed by atoms with Gasteiger partial charge in [0.05, 0.1) is 17.7 Å². The van der Waals surface area contributed by atoms with Gasteiger partial charge in [-0.1, -0.05) is 48.9 Å². The minimum absolute atomic E-state index is 0.0427. The Balaban J connectivity index is 2.09. The van der Waals surface area contributed by atoms with Gasteiger partial charge < -0.3 is 15.0 Å². The molecule has 0 bridgehead atoms. The SMILES string of the molecule is CCC(C(=O)NC(C)C)N(Cc1cccc(OC)c1)C(=O)CN(c1ccc(Cl)cc1C)S(=O)(=O)c1ccccc1. The third kappa shape index (κ3) is 7.55. The maximum atomic E-state index is 14.1. The number of halogens is 1. The van der Waals surface area contributed by atoms with Crippen LogP contribution >= 0.6 is 11.6 Å². The summed E-state index contributed by atoms with van der Waals surface area (Å²) < 4.78 is 34.3. The smallest absolute Gasteiger partial charge is 0.264 e. The van der Waals surface area contributed by atoms with Crippen LogP contribution in [0.15, 0.2) is 77.7 Å². The number of ether oxygens (including phenoxy) is 1. The molecule has 0 saturated carbocycles. The first-order valence-electron chi connectivity index (χ1n) is 13.0. The molecule has 10 heteroatoms. The van der Waals surface area contributed by atoms with Crippen molar-refractivity contribution in [2.75, 3.05) is 18.0 Å². The van der Waals surface area contributed by atoms with Crippen LogP contribution < -0.4 is 14.4 Å². The van der Waals surface area contributed by atoms with Crippen molar-refractivity contribution in [3.8, 4) is 5.75 Å². The summed E-state index contributed by atoms with van der Waals surface area (Å²) in [4.78, 5) is 28.8. The van der Waals surface area contributed by atoms with Crippen LogP contribution in [0.5, 0.6) is 5.75 Å². The number of benzene rings is 3. The summed E-state index contributed by atoms with van der Waals surface area (Å²) in [5.74, 6) is -0.231. The van der Waals surface area contributed by atoms with Crippen molar-refractivity contribution in [3.05, 3.63) is 88.9 Å². The molecule has 0 aromatic heterocycles. The van der Waals surface area contributed by atoms with Crippen LogP contribution in [0.25, 0.3) is 0 Å². The summed E-state index contributed by atoms with van der Waals surface area (Å²) in [5, 5.41) is 3.33. The van der Waals surface area contributed by atoms with Gasteiger partial charge in [0.15, 0.2) is 0 Å². The van der Waals surface area contributed by atoms with Gasteiger partial charge in [0.2, 0.25) is 11.8 Å². The number of nitrogens with zero attached hydrogens (tertiary/aromatic N) is 2. The highest BCUT2D eigenvalue weighted by Crippen LogP contribution is 2.29. The van der Waals surface area contributed by atoms with Crippen LogP contribution in [0.4, 0.5) is 5.69 Å². The van der Waals surface area contributed by atoms with Gasteiger partial charge >= 0.3 is 0 Å². The van der Waals surface area contributed by atoms with E-state index in [0.717, 1.165) is 9.87 Å². The fraction of sp³-hybridized carbons (Fsp3) is 0.333. The van der Waals surface area contributed by atoms with Gasteiger partial charge in [0.25, 0.3) is 10.0 Å². The molecule has 0 aliphatic carbocycles. The van der Waals surface area contributed by atoms with Crippen molar-refractivity contribution in [2.45, 2.75) is 57.6 Å². The molecule has 0 aliphatic rings. The van der Waals surface area contributed by atoms with E-state index in [1.54, 1.807) is 68.6 Å². The molecule has 0 radical (unpaired) electrons. The van der Waals surface area contributed by atoms with E-state index < -0.39 is 28.5 Å². The number of amides is 2. The van der Waals surface area contributed by atoms with Crippen molar-refractivity contribution < 1.29 is 22.7 Å². The number of rotatable bonds is 12. The Morgan fingerprint density at radius 2 is 1.70 bits per heavy atom. The van der Waals surface area contributed by atoms with Gasteiger partial charge in [-0.25, -0.2) is 8.42 Å². The molecule has 214 valence electrons. The lowest BCUT2D eigenvalue weighted by Crippen LogP contribution is -2.53. The molecule has 3 rings (SSSR count). The topological polar surface area (TPSA) is 96.0 Å². The second kappa shape index (κ2) is 13.7. The first-order valence-corrected chi connectivity index (χ1v) is 14.9. The standard InChI is InChI=1S/C30H36ClN3O5S/c1-6-27(30(36)32-21(2)3)33(19-23-11-10-12-25(18-23)39-5)29(35)20-34(28-16-15-24(31)17-22(28)4)40(37,38)26-13-8-7-9-14-26/h7-18,21,27H,6,19-20H2,1-5H3,(H,32,36). The number of carbonyl (C=O) groups excluding carboxylic acids is 2. The lowest BCUT2D eigenvalue weighted by atomic mass is 10.1. The first-order chi connectivity index (χ1) is 19.0. The monoisotopic (exact) mass is 585 g/mol. The number of hydrogen-bond donors (Lipinski definition) is 1. The van der Waals surface area contributed by atoms with E-state index in [9.17, 15) is 18.0 Å². The molecule has 1 unspecified atom stereocenters. The van der Waals surface area contributed by atoms with Crippen molar-refractivity contribution in [1.29, 1.82) is 0 Å². The Labute approximate surface area is 241 Å².